The van der Waals surface area contributed by atoms with Crippen LogP contribution in [0.5, 0.6) is 5.75 Å². The van der Waals surface area contributed by atoms with Crippen LogP contribution in [0.15, 0.2) is 53.5 Å². The number of hydrogen-bond acceptors (Lipinski definition) is 5. The second kappa shape index (κ2) is 8.28. The summed E-state index contributed by atoms with van der Waals surface area (Å²) in [6.45, 7) is -1.39. The molecular formula is C18H18F2N4O2. The first-order chi connectivity index (χ1) is 12.6. The maximum Gasteiger partial charge on any atom is 0.387 e. The number of benzene rings is 2. The van der Waals surface area contributed by atoms with Crippen LogP contribution >= 0.6 is 0 Å². The first-order valence-corrected chi connectivity index (χ1v) is 8.12. The third-order valence-electron chi connectivity index (χ3n) is 3.62. The molecule has 0 radical (unpaired) electrons. The number of carbonyl (C=O) groups is 1. The number of hydrogen-bond donors (Lipinski definition) is 3. The van der Waals surface area contributed by atoms with Crippen LogP contribution in [0, 0.1) is 0 Å². The predicted molar refractivity (Wildman–Crippen MR) is 95.2 cm³/mol. The number of alkyl halides is 2. The minimum absolute atomic E-state index is 0.0711. The van der Waals surface area contributed by atoms with E-state index < -0.39 is 6.61 Å². The molecule has 1 aliphatic heterocycles. The summed E-state index contributed by atoms with van der Waals surface area (Å²) < 4.78 is 28.9. The van der Waals surface area contributed by atoms with E-state index in [-0.39, 0.29) is 11.7 Å². The third-order valence-corrected chi connectivity index (χ3v) is 3.62. The molecule has 3 N–H and O–H groups in total. The van der Waals surface area contributed by atoms with Crippen molar-refractivity contribution in [2.45, 2.75) is 13.0 Å². The SMILES string of the molecule is O=C(NC1=NCCCN1)c1ccc(Nc2cccc(OC(F)F)c2)cc1. The summed E-state index contributed by atoms with van der Waals surface area (Å²) >= 11 is 0. The zero-order valence-corrected chi connectivity index (χ0v) is 13.8. The Hall–Kier alpha value is -3.16. The summed E-state index contributed by atoms with van der Waals surface area (Å²) in [5, 5.41) is 8.82. The number of guanidine groups is 1. The lowest BCUT2D eigenvalue weighted by molar-refractivity contribution is -0.0498. The van der Waals surface area contributed by atoms with Gasteiger partial charge in [0.2, 0.25) is 0 Å². The average Bonchev–Trinajstić information content (AvgIpc) is 2.63. The van der Waals surface area contributed by atoms with Gasteiger partial charge in [0.1, 0.15) is 5.75 Å². The van der Waals surface area contributed by atoms with E-state index in [0.717, 1.165) is 13.0 Å². The van der Waals surface area contributed by atoms with Gasteiger partial charge >= 0.3 is 6.61 Å². The lowest BCUT2D eigenvalue weighted by Gasteiger charge is -2.15. The van der Waals surface area contributed by atoms with Gasteiger partial charge in [0.05, 0.1) is 0 Å². The Morgan fingerprint density at radius 3 is 2.65 bits per heavy atom. The Morgan fingerprint density at radius 2 is 1.96 bits per heavy atom. The van der Waals surface area contributed by atoms with Crippen LogP contribution in [0.3, 0.4) is 0 Å². The van der Waals surface area contributed by atoms with Crippen LogP contribution in [-0.4, -0.2) is 31.6 Å². The summed E-state index contributed by atoms with van der Waals surface area (Å²) in [5.74, 6) is 0.304. The summed E-state index contributed by atoms with van der Waals surface area (Å²) in [4.78, 5) is 16.4. The Bertz CT molecular complexity index is 794. The molecule has 0 spiro atoms. The minimum Gasteiger partial charge on any atom is -0.435 e. The van der Waals surface area contributed by atoms with Crippen molar-refractivity contribution in [1.82, 2.24) is 10.6 Å². The molecule has 0 bridgehead atoms. The van der Waals surface area contributed by atoms with Gasteiger partial charge in [-0.3, -0.25) is 15.1 Å². The van der Waals surface area contributed by atoms with E-state index in [9.17, 15) is 13.6 Å². The largest absolute Gasteiger partial charge is 0.435 e. The Morgan fingerprint density at radius 1 is 1.15 bits per heavy atom. The van der Waals surface area contributed by atoms with Crippen molar-refractivity contribution in [2.75, 3.05) is 18.4 Å². The van der Waals surface area contributed by atoms with Crippen LogP contribution in [0.25, 0.3) is 0 Å². The van der Waals surface area contributed by atoms with Gasteiger partial charge in [0.25, 0.3) is 5.91 Å². The molecule has 0 saturated carbocycles. The predicted octanol–water partition coefficient (Wildman–Crippen LogP) is 3.11. The van der Waals surface area contributed by atoms with Gasteiger partial charge in [-0.05, 0) is 42.8 Å². The first kappa shape index (κ1) is 17.7. The highest BCUT2D eigenvalue weighted by atomic mass is 19.3. The van der Waals surface area contributed by atoms with Crippen molar-refractivity contribution in [2.24, 2.45) is 4.99 Å². The summed E-state index contributed by atoms with van der Waals surface area (Å²) in [7, 11) is 0. The first-order valence-electron chi connectivity index (χ1n) is 8.12. The zero-order chi connectivity index (χ0) is 18.4. The number of ether oxygens (including phenoxy) is 1. The van der Waals surface area contributed by atoms with E-state index in [2.05, 4.69) is 25.7 Å². The second-order valence-corrected chi connectivity index (χ2v) is 5.57. The molecule has 2 aromatic rings. The highest BCUT2D eigenvalue weighted by Gasteiger charge is 2.11. The molecule has 0 fully saturated rings. The molecule has 0 saturated heterocycles. The molecule has 26 heavy (non-hydrogen) atoms. The lowest BCUT2D eigenvalue weighted by Crippen LogP contribution is -2.43. The fraction of sp³-hybridized carbons (Fsp3) is 0.222. The van der Waals surface area contributed by atoms with Crippen molar-refractivity contribution in [3.63, 3.8) is 0 Å². The number of aliphatic imine (C=N–C) groups is 1. The fourth-order valence-electron chi connectivity index (χ4n) is 2.42. The highest BCUT2D eigenvalue weighted by Crippen LogP contribution is 2.23. The molecule has 6 nitrogen and oxygen atoms in total. The Kier molecular flexibility index (Phi) is 5.62. The zero-order valence-electron chi connectivity index (χ0n) is 13.8. The number of amides is 1. The van der Waals surface area contributed by atoms with Crippen molar-refractivity contribution >= 4 is 23.2 Å². The standard InChI is InChI=1S/C18H18F2N4O2/c19-17(20)26-15-4-1-3-14(11-15)23-13-7-5-12(6-8-13)16(25)24-18-21-9-2-10-22-18/h1,3-8,11,17,23H,2,9-10H2,(H2,21,22,24,25). The molecule has 0 aliphatic carbocycles. The molecule has 0 unspecified atom stereocenters. The molecule has 1 aliphatic rings. The molecule has 3 rings (SSSR count). The third kappa shape index (κ3) is 4.92. The van der Waals surface area contributed by atoms with Gasteiger partial charge in [-0.15, -0.1) is 0 Å². The fourth-order valence-corrected chi connectivity index (χ4v) is 2.42. The number of rotatable bonds is 5. The van der Waals surface area contributed by atoms with Crippen LogP contribution < -0.4 is 20.7 Å². The smallest absolute Gasteiger partial charge is 0.387 e. The molecule has 2 aromatic carbocycles. The van der Waals surface area contributed by atoms with Gasteiger partial charge in [-0.1, -0.05) is 6.07 Å². The van der Waals surface area contributed by atoms with Crippen molar-refractivity contribution in [1.29, 1.82) is 0 Å². The maximum atomic E-state index is 12.3. The molecule has 0 aromatic heterocycles. The normalized spacial score (nSPS) is 13.6. The quantitative estimate of drug-likeness (QED) is 0.766. The number of anilines is 2. The van der Waals surface area contributed by atoms with Crippen LogP contribution in [0.4, 0.5) is 20.2 Å². The van der Waals surface area contributed by atoms with E-state index in [1.54, 1.807) is 36.4 Å². The summed E-state index contributed by atoms with van der Waals surface area (Å²) in [6, 6.07) is 13.1. The van der Waals surface area contributed by atoms with Gasteiger partial charge in [-0.25, -0.2) is 0 Å². The van der Waals surface area contributed by atoms with E-state index in [1.165, 1.54) is 12.1 Å². The number of carbonyl (C=O) groups excluding carboxylic acids is 1. The van der Waals surface area contributed by atoms with Gasteiger partial charge in [0, 0.05) is 36.1 Å². The topological polar surface area (TPSA) is 74.8 Å². The second-order valence-electron chi connectivity index (χ2n) is 5.57. The maximum absolute atomic E-state index is 12.3. The summed E-state index contributed by atoms with van der Waals surface area (Å²) in [5.41, 5.74) is 1.80. The number of nitrogens with zero attached hydrogens (tertiary/aromatic N) is 1. The van der Waals surface area contributed by atoms with E-state index in [1.807, 2.05) is 0 Å². The number of nitrogens with one attached hydrogen (secondary N) is 3. The van der Waals surface area contributed by atoms with E-state index in [0.29, 0.717) is 29.4 Å². The lowest BCUT2D eigenvalue weighted by atomic mass is 10.2. The number of halogens is 2. The van der Waals surface area contributed by atoms with Gasteiger partial charge in [0.15, 0.2) is 5.96 Å². The Labute approximate surface area is 149 Å². The van der Waals surface area contributed by atoms with Gasteiger partial charge < -0.3 is 15.4 Å². The molecule has 1 amide bonds. The average molecular weight is 360 g/mol. The molecule has 0 atom stereocenters. The Balaban J connectivity index is 1.62. The minimum atomic E-state index is -2.87. The highest BCUT2D eigenvalue weighted by molar-refractivity contribution is 6.05. The molecule has 1 heterocycles. The van der Waals surface area contributed by atoms with E-state index >= 15 is 0 Å². The van der Waals surface area contributed by atoms with Crippen molar-refractivity contribution in [3.05, 3.63) is 54.1 Å². The van der Waals surface area contributed by atoms with Crippen molar-refractivity contribution < 1.29 is 18.3 Å². The van der Waals surface area contributed by atoms with Crippen LogP contribution in [-0.2, 0) is 0 Å². The molecule has 136 valence electrons. The summed E-state index contributed by atoms with van der Waals surface area (Å²) in [6.07, 6.45) is 0.948. The monoisotopic (exact) mass is 360 g/mol. The van der Waals surface area contributed by atoms with Crippen LogP contribution in [0.1, 0.15) is 16.8 Å². The van der Waals surface area contributed by atoms with Crippen LogP contribution in [0.2, 0.25) is 0 Å². The van der Waals surface area contributed by atoms with E-state index in [4.69, 9.17) is 0 Å². The molecule has 8 heteroatoms. The molecular weight excluding hydrogens is 342 g/mol. The van der Waals surface area contributed by atoms with Crippen molar-refractivity contribution in [3.8, 4) is 5.75 Å². The van der Waals surface area contributed by atoms with Gasteiger partial charge in [-0.2, -0.15) is 8.78 Å².